The molecule has 0 aliphatic heterocycles. The van der Waals surface area contributed by atoms with E-state index in [1.807, 2.05) is 66.7 Å². The van der Waals surface area contributed by atoms with Crippen molar-refractivity contribution in [2.75, 3.05) is 19.5 Å². The SMILES string of the molecule is CON(C)C(=O)C(Cc1ccc(NC(=O)O)cc1)NC(c1ccccc1)(c1ccccc1)c1ccccc1. The maximum Gasteiger partial charge on any atom is 0.409 e. The fraction of sp³-hybridized carbons (Fsp3) is 0.161. The summed E-state index contributed by atoms with van der Waals surface area (Å²) >= 11 is 0. The van der Waals surface area contributed by atoms with Gasteiger partial charge in [0.25, 0.3) is 5.91 Å². The van der Waals surface area contributed by atoms with Gasteiger partial charge in [0.05, 0.1) is 18.7 Å². The summed E-state index contributed by atoms with van der Waals surface area (Å²) in [5, 5.41) is 16.3. The molecule has 4 aromatic rings. The zero-order valence-corrected chi connectivity index (χ0v) is 21.4. The van der Waals surface area contributed by atoms with Crippen molar-refractivity contribution in [3.05, 3.63) is 138 Å². The molecular formula is C31H31N3O4. The molecule has 0 spiro atoms. The number of hydrogen-bond donors (Lipinski definition) is 3. The van der Waals surface area contributed by atoms with E-state index in [0.29, 0.717) is 12.1 Å². The lowest BCUT2D eigenvalue weighted by molar-refractivity contribution is -0.171. The van der Waals surface area contributed by atoms with Crippen LogP contribution in [0, 0.1) is 0 Å². The molecule has 38 heavy (non-hydrogen) atoms. The van der Waals surface area contributed by atoms with E-state index in [2.05, 4.69) is 47.0 Å². The summed E-state index contributed by atoms with van der Waals surface area (Å²) in [6.07, 6.45) is -0.790. The fourth-order valence-corrected chi connectivity index (χ4v) is 4.67. The van der Waals surface area contributed by atoms with Crippen LogP contribution in [0.1, 0.15) is 22.3 Å². The molecule has 4 aromatic carbocycles. The Balaban J connectivity index is 1.84. The van der Waals surface area contributed by atoms with Crippen molar-refractivity contribution in [2.24, 2.45) is 0 Å². The molecule has 0 radical (unpaired) electrons. The summed E-state index contributed by atoms with van der Waals surface area (Å²) in [5.74, 6) is -0.243. The first kappa shape index (κ1) is 26.6. The van der Waals surface area contributed by atoms with Crippen molar-refractivity contribution in [1.82, 2.24) is 10.4 Å². The Kier molecular flexibility index (Phi) is 8.53. The second-order valence-corrected chi connectivity index (χ2v) is 8.89. The number of hydroxylamine groups is 2. The summed E-state index contributed by atoms with van der Waals surface area (Å²) in [4.78, 5) is 30.0. The number of nitrogens with one attached hydrogen (secondary N) is 2. The molecule has 0 aliphatic carbocycles. The number of benzene rings is 4. The number of likely N-dealkylation sites (N-methyl/N-ethyl adjacent to an activating group) is 1. The Morgan fingerprint density at radius 3 is 1.63 bits per heavy atom. The van der Waals surface area contributed by atoms with Crippen molar-refractivity contribution in [1.29, 1.82) is 0 Å². The lowest BCUT2D eigenvalue weighted by atomic mass is 9.76. The summed E-state index contributed by atoms with van der Waals surface area (Å²) in [5.41, 5.74) is 3.41. The van der Waals surface area contributed by atoms with Crippen LogP contribution in [-0.2, 0) is 21.6 Å². The molecule has 1 atom stereocenters. The van der Waals surface area contributed by atoms with Gasteiger partial charge in [-0.05, 0) is 40.8 Å². The third kappa shape index (κ3) is 5.91. The largest absolute Gasteiger partial charge is 0.465 e. The Morgan fingerprint density at radius 2 is 1.24 bits per heavy atom. The Morgan fingerprint density at radius 1 is 0.789 bits per heavy atom. The monoisotopic (exact) mass is 509 g/mol. The maximum absolute atomic E-state index is 13.7. The van der Waals surface area contributed by atoms with Crippen LogP contribution in [0.2, 0.25) is 0 Å². The molecule has 0 aliphatic rings. The van der Waals surface area contributed by atoms with E-state index in [-0.39, 0.29) is 5.91 Å². The van der Waals surface area contributed by atoms with Crippen molar-refractivity contribution in [3.63, 3.8) is 0 Å². The van der Waals surface area contributed by atoms with Gasteiger partial charge in [-0.15, -0.1) is 0 Å². The second-order valence-electron chi connectivity index (χ2n) is 8.89. The van der Waals surface area contributed by atoms with Gasteiger partial charge in [-0.2, -0.15) is 0 Å². The molecule has 0 aromatic heterocycles. The van der Waals surface area contributed by atoms with Crippen molar-refractivity contribution in [2.45, 2.75) is 18.0 Å². The predicted molar refractivity (Wildman–Crippen MR) is 148 cm³/mol. The van der Waals surface area contributed by atoms with E-state index in [1.165, 1.54) is 12.2 Å². The number of anilines is 1. The average molecular weight is 510 g/mol. The lowest BCUT2D eigenvalue weighted by Gasteiger charge is -2.40. The van der Waals surface area contributed by atoms with Crippen molar-refractivity contribution >= 4 is 17.7 Å². The summed E-state index contributed by atoms with van der Waals surface area (Å²) < 4.78 is 0. The number of nitrogens with zero attached hydrogens (tertiary/aromatic N) is 1. The molecule has 194 valence electrons. The molecule has 0 bridgehead atoms. The van der Waals surface area contributed by atoms with Crippen LogP contribution < -0.4 is 10.6 Å². The van der Waals surface area contributed by atoms with Gasteiger partial charge in [0.15, 0.2) is 0 Å². The molecule has 1 unspecified atom stereocenters. The fourth-order valence-electron chi connectivity index (χ4n) is 4.67. The number of amides is 2. The van der Waals surface area contributed by atoms with Crippen LogP contribution in [0.5, 0.6) is 0 Å². The van der Waals surface area contributed by atoms with E-state index >= 15 is 0 Å². The van der Waals surface area contributed by atoms with Crippen LogP contribution >= 0.6 is 0 Å². The first-order valence-corrected chi connectivity index (χ1v) is 12.3. The molecule has 2 amide bonds. The van der Waals surface area contributed by atoms with E-state index in [9.17, 15) is 9.59 Å². The first-order chi connectivity index (χ1) is 18.4. The number of hydrogen-bond acceptors (Lipinski definition) is 4. The Hall–Kier alpha value is -4.46. The van der Waals surface area contributed by atoms with Crippen LogP contribution in [0.25, 0.3) is 0 Å². The molecule has 7 heteroatoms. The number of carboxylic acid groups (broad SMARTS) is 1. The van der Waals surface area contributed by atoms with Crippen molar-refractivity contribution in [3.8, 4) is 0 Å². The third-order valence-electron chi connectivity index (χ3n) is 6.54. The zero-order chi connectivity index (χ0) is 27.0. The van der Waals surface area contributed by atoms with Gasteiger partial charge >= 0.3 is 6.09 Å². The van der Waals surface area contributed by atoms with Gasteiger partial charge in [-0.25, -0.2) is 9.86 Å². The molecule has 3 N–H and O–H groups in total. The van der Waals surface area contributed by atoms with Gasteiger partial charge in [-0.1, -0.05) is 103 Å². The molecule has 0 saturated heterocycles. The van der Waals surface area contributed by atoms with E-state index in [4.69, 9.17) is 9.94 Å². The summed E-state index contributed by atoms with van der Waals surface area (Å²) in [6, 6.07) is 36.5. The minimum Gasteiger partial charge on any atom is -0.465 e. The quantitative estimate of drug-likeness (QED) is 0.200. The molecule has 0 fully saturated rings. The lowest BCUT2D eigenvalue weighted by Crippen LogP contribution is -2.56. The van der Waals surface area contributed by atoms with Gasteiger partial charge < -0.3 is 5.11 Å². The first-order valence-electron chi connectivity index (χ1n) is 12.3. The van der Waals surface area contributed by atoms with E-state index in [1.54, 1.807) is 19.2 Å². The minimum atomic E-state index is -1.13. The minimum absolute atomic E-state index is 0.243. The van der Waals surface area contributed by atoms with Gasteiger partial charge in [-0.3, -0.25) is 20.3 Å². The highest BCUT2D eigenvalue weighted by Gasteiger charge is 2.40. The second kappa shape index (κ2) is 12.2. The molecule has 4 rings (SSSR count). The molecular weight excluding hydrogens is 478 g/mol. The summed E-state index contributed by atoms with van der Waals surface area (Å²) in [6.45, 7) is 0. The number of rotatable bonds is 10. The summed E-state index contributed by atoms with van der Waals surface area (Å²) in [7, 11) is 3.05. The van der Waals surface area contributed by atoms with Crippen LogP contribution in [0.3, 0.4) is 0 Å². The average Bonchev–Trinajstić information content (AvgIpc) is 2.96. The van der Waals surface area contributed by atoms with Gasteiger partial charge in [0, 0.05) is 12.7 Å². The molecule has 0 saturated carbocycles. The molecule has 7 nitrogen and oxygen atoms in total. The van der Waals surface area contributed by atoms with Crippen LogP contribution in [-0.4, -0.2) is 42.4 Å². The van der Waals surface area contributed by atoms with Gasteiger partial charge in [0.2, 0.25) is 0 Å². The highest BCUT2D eigenvalue weighted by atomic mass is 16.7. The van der Waals surface area contributed by atoms with Crippen LogP contribution in [0.4, 0.5) is 10.5 Å². The predicted octanol–water partition coefficient (Wildman–Crippen LogP) is 5.29. The number of carbonyl (C=O) groups is 2. The van der Waals surface area contributed by atoms with Gasteiger partial charge in [0.1, 0.15) is 0 Å². The Labute approximate surface area is 222 Å². The highest BCUT2D eigenvalue weighted by Crippen LogP contribution is 2.37. The topological polar surface area (TPSA) is 90.9 Å². The normalized spacial score (nSPS) is 11.9. The maximum atomic E-state index is 13.7. The number of carbonyl (C=O) groups excluding carboxylic acids is 1. The van der Waals surface area contributed by atoms with E-state index in [0.717, 1.165) is 22.3 Å². The zero-order valence-electron chi connectivity index (χ0n) is 21.4. The van der Waals surface area contributed by atoms with Crippen LogP contribution in [0.15, 0.2) is 115 Å². The Bertz CT molecular complexity index is 1230. The highest BCUT2D eigenvalue weighted by molar-refractivity contribution is 5.83. The standard InChI is InChI=1S/C31H31N3O4/c1-34(38-2)29(35)28(22-23-18-20-27(21-19-23)32-30(36)37)33-31(24-12-6-3-7-13-24,25-14-8-4-9-15-25)26-16-10-5-11-17-26/h3-21,28,32-33H,22H2,1-2H3,(H,36,37). The molecule has 0 heterocycles. The smallest absolute Gasteiger partial charge is 0.409 e. The van der Waals surface area contributed by atoms with E-state index < -0.39 is 17.7 Å². The van der Waals surface area contributed by atoms with Crippen molar-refractivity contribution < 1.29 is 19.5 Å². The third-order valence-corrected chi connectivity index (χ3v) is 6.54.